The van der Waals surface area contributed by atoms with Crippen LogP contribution in [0, 0.1) is 6.92 Å². The summed E-state index contributed by atoms with van der Waals surface area (Å²) in [7, 11) is 0. The molecule has 0 saturated carbocycles. The van der Waals surface area contributed by atoms with Crippen molar-refractivity contribution in [1.29, 1.82) is 0 Å². The molecule has 2 amide bonds. The van der Waals surface area contributed by atoms with Crippen LogP contribution in [0.2, 0.25) is 0 Å². The third-order valence-corrected chi connectivity index (χ3v) is 7.70. The number of amides is 2. The van der Waals surface area contributed by atoms with Crippen molar-refractivity contribution in [3.8, 4) is 0 Å². The molecule has 1 aliphatic carbocycles. The van der Waals surface area contributed by atoms with Crippen LogP contribution in [0.4, 0.5) is 13.2 Å². The molecule has 1 saturated heterocycles. The number of carbonyl (C=O) groups is 2. The van der Waals surface area contributed by atoms with Crippen LogP contribution in [0.1, 0.15) is 76.1 Å². The molecule has 0 radical (unpaired) electrons. The van der Waals surface area contributed by atoms with E-state index in [2.05, 4.69) is 22.5 Å². The zero-order valence-corrected chi connectivity index (χ0v) is 21.3. The van der Waals surface area contributed by atoms with E-state index in [4.69, 9.17) is 0 Å². The lowest BCUT2D eigenvalue weighted by Crippen LogP contribution is -2.40. The number of alkyl halides is 3. The topological polar surface area (TPSA) is 67.2 Å². The van der Waals surface area contributed by atoms with Crippen molar-refractivity contribution in [3.63, 3.8) is 0 Å². The first-order valence-electron chi connectivity index (χ1n) is 13.1. The van der Waals surface area contributed by atoms with E-state index >= 15 is 0 Å². The highest BCUT2D eigenvalue weighted by Crippen LogP contribution is 2.32. The van der Waals surface area contributed by atoms with Gasteiger partial charge in [0.1, 0.15) is 6.54 Å². The second-order valence-electron chi connectivity index (χ2n) is 10.2. The molecule has 0 bridgehead atoms. The molecule has 1 fully saturated rings. The van der Waals surface area contributed by atoms with E-state index in [1.807, 2.05) is 36.4 Å². The summed E-state index contributed by atoms with van der Waals surface area (Å²) in [6.07, 6.45) is -0.0935. The molecule has 2 heterocycles. The van der Waals surface area contributed by atoms with E-state index in [1.165, 1.54) is 18.1 Å². The minimum Gasteiger partial charge on any atom is -0.345 e. The summed E-state index contributed by atoms with van der Waals surface area (Å²) in [4.78, 5) is 27.6. The normalized spacial score (nSPS) is 18.2. The number of piperidine rings is 1. The summed E-state index contributed by atoms with van der Waals surface area (Å²) in [5.74, 6) is -0.135. The Bertz CT molecular complexity index is 1330. The quantitative estimate of drug-likeness (QED) is 0.485. The van der Waals surface area contributed by atoms with E-state index in [1.54, 1.807) is 4.90 Å². The smallest absolute Gasteiger partial charge is 0.345 e. The number of aryl methyl sites for hydroxylation is 2. The Morgan fingerprint density at radius 2 is 1.79 bits per heavy atom. The first-order valence-corrected chi connectivity index (χ1v) is 13.1. The van der Waals surface area contributed by atoms with Gasteiger partial charge in [-0.25, -0.2) is 0 Å². The Hall–Kier alpha value is -3.62. The van der Waals surface area contributed by atoms with Gasteiger partial charge in [0, 0.05) is 24.3 Å². The second kappa shape index (κ2) is 10.6. The maximum Gasteiger partial charge on any atom is 0.435 e. The van der Waals surface area contributed by atoms with Crippen LogP contribution in [-0.2, 0) is 23.9 Å². The summed E-state index contributed by atoms with van der Waals surface area (Å²) in [6, 6.07) is 16.9. The first kappa shape index (κ1) is 26.0. The number of nitrogens with one attached hydrogen (secondary N) is 1. The maximum absolute atomic E-state index is 13.1. The zero-order chi connectivity index (χ0) is 26.9. The van der Waals surface area contributed by atoms with Gasteiger partial charge in [0.25, 0.3) is 5.91 Å². The fourth-order valence-electron chi connectivity index (χ4n) is 5.58. The van der Waals surface area contributed by atoms with Gasteiger partial charge < -0.3 is 10.2 Å². The Morgan fingerprint density at radius 1 is 1.03 bits per heavy atom. The van der Waals surface area contributed by atoms with Gasteiger partial charge in [0.05, 0.1) is 6.04 Å². The summed E-state index contributed by atoms with van der Waals surface area (Å²) >= 11 is 0. The van der Waals surface area contributed by atoms with Crippen molar-refractivity contribution < 1.29 is 22.8 Å². The van der Waals surface area contributed by atoms with Crippen molar-refractivity contribution in [3.05, 3.63) is 88.2 Å². The van der Waals surface area contributed by atoms with E-state index in [0.717, 1.165) is 48.4 Å². The van der Waals surface area contributed by atoms with Crippen LogP contribution in [-0.4, -0.2) is 39.6 Å². The monoisotopic (exact) mass is 524 g/mol. The molecule has 0 unspecified atom stereocenters. The van der Waals surface area contributed by atoms with Gasteiger partial charge >= 0.3 is 6.18 Å². The molecular formula is C29H31F3N4O2. The summed E-state index contributed by atoms with van der Waals surface area (Å²) in [5.41, 5.74) is 3.48. The Labute approximate surface area is 219 Å². The van der Waals surface area contributed by atoms with Crippen LogP contribution in [0.15, 0.2) is 54.6 Å². The summed E-state index contributed by atoms with van der Waals surface area (Å²) in [5, 5.41) is 6.78. The molecule has 2 aliphatic rings. The lowest BCUT2D eigenvalue weighted by atomic mass is 9.87. The van der Waals surface area contributed by atoms with E-state index in [-0.39, 0.29) is 30.3 Å². The van der Waals surface area contributed by atoms with Gasteiger partial charge in [-0.15, -0.1) is 0 Å². The molecule has 2 aromatic carbocycles. The minimum absolute atomic E-state index is 0.0102. The predicted molar refractivity (Wildman–Crippen MR) is 137 cm³/mol. The number of carbonyl (C=O) groups excluding carboxylic acids is 2. The van der Waals surface area contributed by atoms with Crippen molar-refractivity contribution in [2.75, 3.05) is 13.1 Å². The number of rotatable bonds is 5. The second-order valence-corrected chi connectivity index (χ2v) is 10.2. The molecule has 38 heavy (non-hydrogen) atoms. The van der Waals surface area contributed by atoms with Crippen molar-refractivity contribution in [1.82, 2.24) is 20.0 Å². The first-order chi connectivity index (χ1) is 18.2. The van der Waals surface area contributed by atoms with Gasteiger partial charge in [-0.05, 0) is 79.8 Å². The largest absolute Gasteiger partial charge is 0.435 e. The molecule has 6 nitrogen and oxygen atoms in total. The maximum atomic E-state index is 13.1. The van der Waals surface area contributed by atoms with Crippen LogP contribution in [0.5, 0.6) is 0 Å². The van der Waals surface area contributed by atoms with Gasteiger partial charge in [-0.1, -0.05) is 36.4 Å². The molecule has 1 aromatic heterocycles. The van der Waals surface area contributed by atoms with Gasteiger partial charge in [-0.2, -0.15) is 18.3 Å². The Kier molecular flexibility index (Phi) is 7.27. The average Bonchev–Trinajstić information content (AvgIpc) is 3.29. The molecule has 1 aliphatic heterocycles. The van der Waals surface area contributed by atoms with Gasteiger partial charge in [0.15, 0.2) is 5.69 Å². The fraction of sp³-hybridized carbons (Fsp3) is 0.414. The lowest BCUT2D eigenvalue weighted by Gasteiger charge is -2.32. The number of hydrogen-bond acceptors (Lipinski definition) is 3. The highest BCUT2D eigenvalue weighted by molar-refractivity contribution is 5.94. The molecule has 1 atom stereocenters. The zero-order valence-electron chi connectivity index (χ0n) is 21.3. The van der Waals surface area contributed by atoms with Crippen molar-refractivity contribution >= 4 is 11.8 Å². The van der Waals surface area contributed by atoms with Crippen LogP contribution < -0.4 is 5.32 Å². The Balaban J connectivity index is 1.18. The van der Waals surface area contributed by atoms with Gasteiger partial charge in [0.2, 0.25) is 5.91 Å². The van der Waals surface area contributed by atoms with Crippen molar-refractivity contribution in [2.45, 2.75) is 63.7 Å². The molecule has 5 rings (SSSR count). The van der Waals surface area contributed by atoms with Crippen LogP contribution in [0.3, 0.4) is 0 Å². The summed E-state index contributed by atoms with van der Waals surface area (Å²) < 4.78 is 39.9. The predicted octanol–water partition coefficient (Wildman–Crippen LogP) is 5.42. The van der Waals surface area contributed by atoms with E-state index in [9.17, 15) is 22.8 Å². The minimum atomic E-state index is -4.54. The molecule has 200 valence electrons. The number of likely N-dealkylation sites (tertiary alicyclic amines) is 1. The summed E-state index contributed by atoms with van der Waals surface area (Å²) in [6.45, 7) is 2.31. The number of halogens is 3. The SMILES string of the molecule is Cc1cc(C(F)(F)F)nn1CC(=O)N1CCC(c2cccc(C(=O)N[C@@H]3CCCc4ccccc43)c2)CC1. The molecule has 1 N–H and O–H groups in total. The average molecular weight is 525 g/mol. The number of benzene rings is 2. The van der Waals surface area contributed by atoms with E-state index < -0.39 is 11.9 Å². The van der Waals surface area contributed by atoms with Crippen molar-refractivity contribution in [2.24, 2.45) is 0 Å². The van der Waals surface area contributed by atoms with Crippen LogP contribution in [0.25, 0.3) is 0 Å². The molecule has 3 aromatic rings. The third-order valence-electron chi connectivity index (χ3n) is 7.70. The third kappa shape index (κ3) is 5.61. The highest BCUT2D eigenvalue weighted by atomic mass is 19.4. The standard InChI is InChI=1S/C29H31F3N4O2/c1-19-16-26(29(30,31)32)34-36(19)18-27(37)35-14-12-20(13-15-35)22-8-4-9-23(17-22)28(38)33-25-11-5-7-21-6-2-3-10-24(21)25/h2-4,6,8-10,16-17,20,25H,5,7,11-15,18H2,1H3,(H,33,38)/t25-/m1/s1. The number of aromatic nitrogens is 2. The Morgan fingerprint density at radius 3 is 2.53 bits per heavy atom. The number of fused-ring (bicyclic) bond motifs is 1. The number of hydrogen-bond donors (Lipinski definition) is 1. The number of nitrogens with zero attached hydrogens (tertiary/aromatic N) is 3. The molecular weight excluding hydrogens is 493 g/mol. The molecule has 9 heteroatoms. The fourth-order valence-corrected chi connectivity index (χ4v) is 5.58. The van der Waals surface area contributed by atoms with E-state index in [0.29, 0.717) is 24.3 Å². The highest BCUT2D eigenvalue weighted by Gasteiger charge is 2.35. The van der Waals surface area contributed by atoms with Gasteiger partial charge in [-0.3, -0.25) is 14.3 Å². The van der Waals surface area contributed by atoms with Crippen LogP contribution >= 0.6 is 0 Å². The lowest BCUT2D eigenvalue weighted by molar-refractivity contribution is -0.142. The molecule has 0 spiro atoms.